The Morgan fingerprint density at radius 1 is 1.15 bits per heavy atom. The maximum Gasteiger partial charge on any atom is 0.317 e. The van der Waals surface area contributed by atoms with Crippen LogP contribution < -0.4 is 4.90 Å². The molecule has 0 radical (unpaired) electrons. The Hall–Kier alpha value is -3.43. The van der Waals surface area contributed by atoms with Crippen LogP contribution in [0.1, 0.15) is 44.2 Å². The van der Waals surface area contributed by atoms with Crippen molar-refractivity contribution < 1.29 is 15.0 Å². The average molecular weight is 595 g/mol. The molecule has 0 saturated carbocycles. The molecule has 39 heavy (non-hydrogen) atoms. The molecule has 0 unspecified atom stereocenters. The van der Waals surface area contributed by atoms with E-state index >= 15 is 0 Å². The van der Waals surface area contributed by atoms with Gasteiger partial charge in [-0.25, -0.2) is 4.98 Å². The number of aliphatic carboxylic acids is 1. The van der Waals surface area contributed by atoms with Gasteiger partial charge in [-0.1, -0.05) is 12.1 Å². The van der Waals surface area contributed by atoms with Crippen LogP contribution in [0.2, 0.25) is 0 Å². The minimum atomic E-state index is -0.772. The molecule has 3 aromatic rings. The summed E-state index contributed by atoms with van der Waals surface area (Å²) in [5.41, 5.74) is 5.82. The number of hydrogen-bond donors (Lipinski definition) is 3. The number of allylic oxidation sites excluding steroid dienone is 2. The van der Waals surface area contributed by atoms with Gasteiger partial charge in [0, 0.05) is 46.1 Å². The van der Waals surface area contributed by atoms with E-state index in [4.69, 9.17) is 10.5 Å². The highest BCUT2D eigenvalue weighted by atomic mass is 79.9. The molecule has 9 heteroatoms. The molecular weight excluding hydrogens is 558 g/mol. The number of carboxylic acids is 1. The smallest absolute Gasteiger partial charge is 0.317 e. The number of piperidine rings is 1. The molecule has 1 aliphatic heterocycles. The summed E-state index contributed by atoms with van der Waals surface area (Å²) in [6.07, 6.45) is 8.36. The van der Waals surface area contributed by atoms with Crippen molar-refractivity contribution >= 4 is 44.6 Å². The van der Waals surface area contributed by atoms with Gasteiger partial charge in [0.05, 0.1) is 24.3 Å². The van der Waals surface area contributed by atoms with Crippen molar-refractivity contribution in [3.8, 4) is 5.69 Å². The number of aliphatic hydroxyl groups excluding tert-OH is 1. The number of halogens is 1. The lowest BCUT2D eigenvalue weighted by Gasteiger charge is -2.33. The summed E-state index contributed by atoms with van der Waals surface area (Å²) in [6.45, 7) is 7.89. The Morgan fingerprint density at radius 2 is 1.90 bits per heavy atom. The van der Waals surface area contributed by atoms with Gasteiger partial charge in [0.25, 0.3) is 0 Å². The van der Waals surface area contributed by atoms with Gasteiger partial charge in [-0.05, 0) is 110 Å². The van der Waals surface area contributed by atoms with Gasteiger partial charge in [0.1, 0.15) is 0 Å². The maximum absolute atomic E-state index is 11.1. The zero-order valence-corrected chi connectivity index (χ0v) is 24.3. The van der Waals surface area contributed by atoms with Crippen LogP contribution in [-0.4, -0.2) is 62.5 Å². The summed E-state index contributed by atoms with van der Waals surface area (Å²) in [4.78, 5) is 19.6. The third kappa shape index (κ3) is 6.96. The van der Waals surface area contributed by atoms with Gasteiger partial charge < -0.3 is 25.1 Å². The Kier molecular flexibility index (Phi) is 9.24. The number of likely N-dealkylation sites (tertiary alicyclic amines) is 1. The van der Waals surface area contributed by atoms with Crippen molar-refractivity contribution in [2.75, 3.05) is 31.1 Å². The number of carbonyl (C=O) groups is 1. The molecule has 0 aliphatic carbocycles. The Labute approximate surface area is 238 Å². The number of hydrogen-bond acceptors (Lipinski definition) is 6. The number of nitrogens with one attached hydrogen (secondary N) is 1. The van der Waals surface area contributed by atoms with Gasteiger partial charge in [0.15, 0.2) is 0 Å². The van der Waals surface area contributed by atoms with Gasteiger partial charge in [-0.3, -0.25) is 9.69 Å². The number of rotatable bonds is 10. The lowest BCUT2D eigenvalue weighted by Crippen LogP contribution is -2.38. The fourth-order valence-corrected chi connectivity index (χ4v) is 5.92. The lowest BCUT2D eigenvalue weighted by atomic mass is 9.92. The van der Waals surface area contributed by atoms with E-state index in [0.717, 1.165) is 71.6 Å². The fraction of sp³-hybridized carbons (Fsp3) is 0.367. The Morgan fingerprint density at radius 3 is 2.49 bits per heavy atom. The fourth-order valence-electron chi connectivity index (χ4n) is 5.35. The zero-order valence-electron chi connectivity index (χ0n) is 22.7. The monoisotopic (exact) mass is 593 g/mol. The highest BCUT2D eigenvalue weighted by Crippen LogP contribution is 2.36. The second-order valence-corrected chi connectivity index (χ2v) is 11.1. The molecule has 1 aromatic heterocycles. The zero-order chi connectivity index (χ0) is 28.1. The van der Waals surface area contributed by atoms with E-state index in [0.29, 0.717) is 17.2 Å². The molecule has 0 atom stereocenters. The molecule has 8 nitrogen and oxygen atoms in total. The first-order valence-corrected chi connectivity index (χ1v) is 14.0. The summed E-state index contributed by atoms with van der Waals surface area (Å²) in [7, 11) is 0. The molecule has 0 spiro atoms. The van der Waals surface area contributed by atoms with Gasteiger partial charge in [-0.2, -0.15) is 0 Å². The minimum absolute atomic E-state index is 0.106. The number of carboxylic acid groups (broad SMARTS) is 1. The van der Waals surface area contributed by atoms with E-state index in [-0.39, 0.29) is 12.3 Å². The molecule has 3 N–H and O–H groups in total. The molecule has 1 aliphatic rings. The second kappa shape index (κ2) is 12.6. The average Bonchev–Trinajstić information content (AvgIpc) is 3.41. The molecule has 0 bridgehead atoms. The second-order valence-electron chi connectivity index (χ2n) is 10.2. The van der Waals surface area contributed by atoms with Gasteiger partial charge in [0.2, 0.25) is 0 Å². The number of nitrogens with zero attached hydrogens (tertiary/aromatic N) is 4. The standard InChI is InChI=1S/C30H36BrN5O3/c1-20-4-5-24(30(21(2)32)22(3)37)16-28(20)36(14-10-23-8-12-34(13-9-23)18-29(38)39)25-6-7-27(26(31)17-25)35-15-11-33-19-35/h4-7,11,15-17,19,23,32,37H,8-10,12-14,18H2,1-3H3,(H,38,39)/b30-22+,32-21?. The Balaban J connectivity index is 1.66. The number of aryl methyl sites for hydroxylation is 1. The van der Waals surface area contributed by atoms with Crippen molar-refractivity contribution in [1.29, 1.82) is 5.41 Å². The number of aliphatic hydroxyl groups is 1. The van der Waals surface area contributed by atoms with Crippen LogP contribution in [0.5, 0.6) is 0 Å². The first-order valence-electron chi connectivity index (χ1n) is 13.2. The van der Waals surface area contributed by atoms with Gasteiger partial charge in [-0.15, -0.1) is 0 Å². The third-order valence-electron chi connectivity index (χ3n) is 7.38. The van der Waals surface area contributed by atoms with Crippen LogP contribution >= 0.6 is 15.9 Å². The van der Waals surface area contributed by atoms with Crippen LogP contribution in [-0.2, 0) is 4.79 Å². The first kappa shape index (κ1) is 28.6. The molecule has 2 heterocycles. The van der Waals surface area contributed by atoms with Crippen LogP contribution in [0.3, 0.4) is 0 Å². The number of aromatic nitrogens is 2. The van der Waals surface area contributed by atoms with Crippen molar-refractivity contribution in [3.05, 3.63) is 76.5 Å². The summed E-state index contributed by atoms with van der Waals surface area (Å²) in [6, 6.07) is 12.4. The summed E-state index contributed by atoms with van der Waals surface area (Å²) < 4.78 is 2.91. The van der Waals surface area contributed by atoms with E-state index in [9.17, 15) is 9.90 Å². The molecule has 0 amide bonds. The predicted octanol–water partition coefficient (Wildman–Crippen LogP) is 6.60. The van der Waals surface area contributed by atoms with Crippen molar-refractivity contribution in [2.24, 2.45) is 5.92 Å². The van der Waals surface area contributed by atoms with E-state index in [1.807, 2.05) is 27.8 Å². The predicted molar refractivity (Wildman–Crippen MR) is 159 cm³/mol. The lowest BCUT2D eigenvalue weighted by molar-refractivity contribution is -0.138. The molecule has 206 valence electrons. The van der Waals surface area contributed by atoms with Crippen molar-refractivity contribution in [2.45, 2.75) is 40.0 Å². The molecule has 4 rings (SSSR count). The highest BCUT2D eigenvalue weighted by Gasteiger charge is 2.23. The van der Waals surface area contributed by atoms with Crippen LogP contribution in [0.4, 0.5) is 11.4 Å². The topological polar surface area (TPSA) is 106 Å². The largest absolute Gasteiger partial charge is 0.512 e. The molecule has 1 saturated heterocycles. The summed E-state index contributed by atoms with van der Waals surface area (Å²) in [5, 5.41) is 27.7. The molecular formula is C30H36BrN5O3. The summed E-state index contributed by atoms with van der Waals surface area (Å²) >= 11 is 3.76. The first-order chi connectivity index (χ1) is 18.6. The van der Waals surface area contributed by atoms with E-state index in [1.54, 1.807) is 26.4 Å². The quantitative estimate of drug-likeness (QED) is 0.181. The number of imidazole rings is 1. The summed E-state index contributed by atoms with van der Waals surface area (Å²) in [5.74, 6) is -0.135. The van der Waals surface area contributed by atoms with E-state index in [1.165, 1.54) is 0 Å². The van der Waals surface area contributed by atoms with Crippen molar-refractivity contribution in [1.82, 2.24) is 14.5 Å². The highest BCUT2D eigenvalue weighted by molar-refractivity contribution is 9.10. The van der Waals surface area contributed by atoms with Crippen LogP contribution in [0.15, 0.2) is 65.4 Å². The number of benzene rings is 2. The Bertz CT molecular complexity index is 1360. The van der Waals surface area contributed by atoms with Crippen LogP contribution in [0.25, 0.3) is 11.3 Å². The van der Waals surface area contributed by atoms with Crippen LogP contribution in [0, 0.1) is 18.3 Å². The minimum Gasteiger partial charge on any atom is -0.512 e. The SMILES string of the molecule is CC(=N)/C(=C(/C)O)c1ccc(C)c(N(CCC2CCN(CC(=O)O)CC2)c2ccc(-n3ccnc3)c(Br)c2)c1. The molecule has 2 aromatic carbocycles. The van der Waals surface area contributed by atoms with Gasteiger partial charge >= 0.3 is 5.97 Å². The van der Waals surface area contributed by atoms with E-state index < -0.39 is 5.97 Å². The normalized spacial score (nSPS) is 15.2. The van der Waals surface area contributed by atoms with E-state index in [2.05, 4.69) is 57.0 Å². The van der Waals surface area contributed by atoms with Crippen molar-refractivity contribution in [3.63, 3.8) is 0 Å². The third-order valence-corrected chi connectivity index (χ3v) is 8.01. The number of anilines is 2. The maximum atomic E-state index is 11.1. The molecule has 1 fully saturated rings.